The van der Waals surface area contributed by atoms with E-state index in [4.69, 9.17) is 4.74 Å². The summed E-state index contributed by atoms with van der Waals surface area (Å²) in [6.07, 6.45) is 7.03. The molecule has 0 aromatic rings. The van der Waals surface area contributed by atoms with Crippen molar-refractivity contribution in [1.29, 1.82) is 0 Å². The Balaban J connectivity index is 2.01. The predicted octanol–water partition coefficient (Wildman–Crippen LogP) is 2.13. The van der Waals surface area contributed by atoms with Crippen molar-refractivity contribution in [1.82, 2.24) is 0 Å². The molecule has 1 aliphatic heterocycles. The molecule has 0 bridgehead atoms. The summed E-state index contributed by atoms with van der Waals surface area (Å²) in [6, 6.07) is 0. The van der Waals surface area contributed by atoms with Crippen molar-refractivity contribution < 1.29 is 9.53 Å². The third-order valence-corrected chi connectivity index (χ3v) is 3.25. The fourth-order valence-corrected chi connectivity index (χ4v) is 2.53. The summed E-state index contributed by atoms with van der Waals surface area (Å²) < 4.78 is 5.06. The second-order valence-electron chi connectivity index (χ2n) is 4.02. The molecule has 2 nitrogen and oxygen atoms in total. The molecule has 2 heteroatoms. The van der Waals surface area contributed by atoms with Crippen LogP contribution < -0.4 is 0 Å². The third-order valence-electron chi connectivity index (χ3n) is 3.25. The number of hydrogen-bond donors (Lipinski definition) is 0. The molecule has 1 saturated heterocycles. The number of rotatable bonds is 0. The number of carbonyl (C=O) groups is 1. The molecule has 68 valence electrons. The number of ether oxygens (including phenoxy) is 1. The zero-order chi connectivity index (χ0) is 8.39. The maximum absolute atomic E-state index is 11.1. The largest absolute Gasteiger partial charge is 0.466 e. The lowest BCUT2D eigenvalue weighted by Gasteiger charge is -2.28. The molecule has 0 amide bonds. The minimum Gasteiger partial charge on any atom is -0.466 e. The Hall–Kier alpha value is -0.530. The zero-order valence-corrected chi connectivity index (χ0v) is 7.42. The molecule has 0 unspecified atom stereocenters. The molecule has 0 radical (unpaired) electrons. The lowest BCUT2D eigenvalue weighted by Crippen LogP contribution is -2.19. The van der Waals surface area contributed by atoms with Crippen LogP contribution in [0.4, 0.5) is 0 Å². The van der Waals surface area contributed by atoms with Crippen molar-refractivity contribution in [2.24, 2.45) is 11.8 Å². The highest BCUT2D eigenvalue weighted by Crippen LogP contribution is 2.36. The van der Waals surface area contributed by atoms with Crippen molar-refractivity contribution in [2.45, 2.75) is 38.5 Å². The van der Waals surface area contributed by atoms with Gasteiger partial charge in [0.2, 0.25) is 0 Å². The summed E-state index contributed by atoms with van der Waals surface area (Å²) in [5.74, 6) is 1.46. The van der Waals surface area contributed by atoms with Crippen molar-refractivity contribution in [2.75, 3.05) is 6.61 Å². The van der Waals surface area contributed by atoms with Gasteiger partial charge < -0.3 is 4.74 Å². The van der Waals surface area contributed by atoms with E-state index in [1.165, 1.54) is 25.7 Å². The maximum atomic E-state index is 11.1. The van der Waals surface area contributed by atoms with Gasteiger partial charge in [0.1, 0.15) is 0 Å². The van der Waals surface area contributed by atoms with Gasteiger partial charge in [-0.05, 0) is 24.7 Å². The average molecular weight is 168 g/mol. The van der Waals surface area contributed by atoms with Gasteiger partial charge in [0.05, 0.1) is 6.61 Å². The lowest BCUT2D eigenvalue weighted by molar-refractivity contribution is -0.143. The first-order chi connectivity index (χ1) is 5.86. The average Bonchev–Trinajstić information content (AvgIpc) is 2.25. The van der Waals surface area contributed by atoms with Crippen LogP contribution in [-0.2, 0) is 9.53 Å². The van der Waals surface area contributed by atoms with E-state index in [0.717, 1.165) is 12.3 Å². The Bertz CT molecular complexity index is 177. The molecule has 1 saturated carbocycles. The number of fused-ring (bicyclic) bond motifs is 1. The highest BCUT2D eigenvalue weighted by Gasteiger charge is 2.29. The van der Waals surface area contributed by atoms with Gasteiger partial charge in [-0.2, -0.15) is 0 Å². The lowest BCUT2D eigenvalue weighted by atomic mass is 9.76. The topological polar surface area (TPSA) is 26.3 Å². The summed E-state index contributed by atoms with van der Waals surface area (Å²) in [7, 11) is 0. The number of hydrogen-bond acceptors (Lipinski definition) is 2. The van der Waals surface area contributed by atoms with Crippen LogP contribution in [0.25, 0.3) is 0 Å². The van der Waals surface area contributed by atoms with E-state index in [2.05, 4.69) is 0 Å². The molecule has 0 aromatic heterocycles. The number of cyclic esters (lactones) is 1. The summed E-state index contributed by atoms with van der Waals surface area (Å²) in [5, 5.41) is 0. The Labute approximate surface area is 73.3 Å². The molecular weight excluding hydrogens is 152 g/mol. The zero-order valence-electron chi connectivity index (χ0n) is 7.42. The molecule has 2 rings (SSSR count). The second-order valence-corrected chi connectivity index (χ2v) is 4.02. The van der Waals surface area contributed by atoms with Crippen molar-refractivity contribution in [3.63, 3.8) is 0 Å². The first-order valence-corrected chi connectivity index (χ1v) is 5.02. The van der Waals surface area contributed by atoms with Gasteiger partial charge in [-0.1, -0.05) is 19.3 Å². The first kappa shape index (κ1) is 8.09. The molecule has 2 aliphatic rings. The highest BCUT2D eigenvalue weighted by atomic mass is 16.5. The number of esters is 1. The number of carbonyl (C=O) groups excluding carboxylic acids is 1. The Morgan fingerprint density at radius 3 is 2.67 bits per heavy atom. The summed E-state index contributed by atoms with van der Waals surface area (Å²) in [5.41, 5.74) is 0. The Morgan fingerprint density at radius 2 is 1.83 bits per heavy atom. The molecule has 2 fully saturated rings. The van der Waals surface area contributed by atoms with Gasteiger partial charge in [0.25, 0.3) is 0 Å². The molecule has 12 heavy (non-hydrogen) atoms. The normalized spacial score (nSPS) is 36.5. The van der Waals surface area contributed by atoms with E-state index in [9.17, 15) is 4.79 Å². The Kier molecular flexibility index (Phi) is 2.33. The molecule has 2 atom stereocenters. The second kappa shape index (κ2) is 3.46. The van der Waals surface area contributed by atoms with Gasteiger partial charge >= 0.3 is 5.97 Å². The molecule has 0 N–H and O–H groups in total. The smallest absolute Gasteiger partial charge is 0.306 e. The summed E-state index contributed by atoms with van der Waals surface area (Å²) in [4.78, 5) is 11.1. The van der Waals surface area contributed by atoms with Crippen LogP contribution in [0.5, 0.6) is 0 Å². The summed E-state index contributed by atoms with van der Waals surface area (Å²) in [6.45, 7) is 0.667. The fraction of sp³-hybridized carbons (Fsp3) is 0.900. The minimum atomic E-state index is 0.0319. The van der Waals surface area contributed by atoms with Crippen LogP contribution in [0, 0.1) is 11.8 Å². The fourth-order valence-electron chi connectivity index (χ4n) is 2.53. The van der Waals surface area contributed by atoms with Gasteiger partial charge in [-0.3, -0.25) is 4.79 Å². The SMILES string of the molecule is O=C1C[C@@H]2CCCC[C@H]2CCO1. The van der Waals surface area contributed by atoms with Crippen molar-refractivity contribution in [3.8, 4) is 0 Å². The highest BCUT2D eigenvalue weighted by molar-refractivity contribution is 5.69. The molecule has 1 aliphatic carbocycles. The van der Waals surface area contributed by atoms with Gasteiger partial charge in [-0.15, -0.1) is 0 Å². The molecule has 0 spiro atoms. The van der Waals surface area contributed by atoms with Crippen LogP contribution >= 0.6 is 0 Å². The minimum absolute atomic E-state index is 0.0319. The van der Waals surface area contributed by atoms with E-state index in [0.29, 0.717) is 18.9 Å². The summed E-state index contributed by atoms with van der Waals surface area (Å²) >= 11 is 0. The maximum Gasteiger partial charge on any atom is 0.306 e. The monoisotopic (exact) mass is 168 g/mol. The van der Waals surface area contributed by atoms with E-state index >= 15 is 0 Å². The van der Waals surface area contributed by atoms with E-state index < -0.39 is 0 Å². The van der Waals surface area contributed by atoms with E-state index in [1.54, 1.807) is 0 Å². The van der Waals surface area contributed by atoms with Gasteiger partial charge in [0.15, 0.2) is 0 Å². The predicted molar refractivity (Wildman–Crippen MR) is 45.6 cm³/mol. The van der Waals surface area contributed by atoms with Crippen molar-refractivity contribution >= 4 is 5.97 Å². The molecular formula is C10H16O2. The van der Waals surface area contributed by atoms with Crippen LogP contribution in [0.1, 0.15) is 38.5 Å². The van der Waals surface area contributed by atoms with Crippen LogP contribution in [-0.4, -0.2) is 12.6 Å². The first-order valence-electron chi connectivity index (χ1n) is 5.02. The van der Waals surface area contributed by atoms with Crippen LogP contribution in [0.2, 0.25) is 0 Å². The molecule has 1 heterocycles. The van der Waals surface area contributed by atoms with Crippen molar-refractivity contribution in [3.05, 3.63) is 0 Å². The van der Waals surface area contributed by atoms with E-state index in [-0.39, 0.29) is 5.97 Å². The standard InChI is InChI=1S/C10H16O2/c11-10-7-9-4-2-1-3-8(9)5-6-12-10/h8-9H,1-7H2/t8-,9-/m0/s1. The van der Waals surface area contributed by atoms with Crippen LogP contribution in [0.3, 0.4) is 0 Å². The third kappa shape index (κ3) is 1.62. The quantitative estimate of drug-likeness (QED) is 0.518. The van der Waals surface area contributed by atoms with Gasteiger partial charge in [0, 0.05) is 6.42 Å². The van der Waals surface area contributed by atoms with E-state index in [1.807, 2.05) is 0 Å². The van der Waals surface area contributed by atoms with Crippen LogP contribution in [0.15, 0.2) is 0 Å². The molecule has 0 aromatic carbocycles. The van der Waals surface area contributed by atoms with Gasteiger partial charge in [-0.25, -0.2) is 0 Å². The Morgan fingerprint density at radius 1 is 1.08 bits per heavy atom.